The van der Waals surface area contributed by atoms with Gasteiger partial charge in [0.2, 0.25) is 0 Å². The third-order valence-electron chi connectivity index (χ3n) is 4.18. The molecule has 0 bridgehead atoms. The summed E-state index contributed by atoms with van der Waals surface area (Å²) in [7, 11) is 3.28. The van der Waals surface area contributed by atoms with Crippen molar-refractivity contribution >= 4 is 39.9 Å². The van der Waals surface area contributed by atoms with Crippen LogP contribution in [0, 0.1) is 13.8 Å². The second-order valence-corrected chi connectivity index (χ2v) is 7.68. The van der Waals surface area contributed by atoms with E-state index < -0.39 is 17.4 Å². The van der Waals surface area contributed by atoms with Crippen LogP contribution in [0.1, 0.15) is 27.9 Å². The van der Waals surface area contributed by atoms with Gasteiger partial charge >= 0.3 is 0 Å². The number of thiazole rings is 1. The molecule has 3 amide bonds. The largest absolute Gasteiger partial charge is 0.466 e. The molecular formula is C18H20N4O4S. The molecule has 9 heteroatoms. The van der Waals surface area contributed by atoms with Crippen LogP contribution in [-0.4, -0.2) is 47.3 Å². The number of ether oxygens (including phenoxy) is 1. The first kappa shape index (κ1) is 18.8. The van der Waals surface area contributed by atoms with Gasteiger partial charge in [-0.15, -0.1) is 0 Å². The SMILES string of the molecule is Cc1ccc2c(c1)NC(=O)C(C)(C(=O)Nc1nc(C)c(C(=O)N(C)C)s1)O2. The zero-order valence-electron chi connectivity index (χ0n) is 15.7. The number of fused-ring (bicyclic) bond motifs is 1. The molecule has 1 aromatic heterocycles. The number of rotatable bonds is 3. The van der Waals surface area contributed by atoms with Gasteiger partial charge in [0.1, 0.15) is 10.6 Å². The second-order valence-electron chi connectivity index (χ2n) is 6.68. The van der Waals surface area contributed by atoms with Crippen molar-refractivity contribution in [1.29, 1.82) is 0 Å². The van der Waals surface area contributed by atoms with Gasteiger partial charge in [0.15, 0.2) is 5.13 Å². The summed E-state index contributed by atoms with van der Waals surface area (Å²) in [5.74, 6) is -1.02. The first-order chi connectivity index (χ1) is 12.6. The minimum Gasteiger partial charge on any atom is -0.466 e. The molecule has 0 spiro atoms. The smallest absolute Gasteiger partial charge is 0.280 e. The highest BCUT2D eigenvalue weighted by Crippen LogP contribution is 2.35. The molecule has 2 heterocycles. The third-order valence-corrected chi connectivity index (χ3v) is 5.24. The van der Waals surface area contributed by atoms with Crippen LogP contribution >= 0.6 is 11.3 Å². The van der Waals surface area contributed by atoms with Crippen LogP contribution in [0.5, 0.6) is 5.75 Å². The van der Waals surface area contributed by atoms with Crippen LogP contribution in [-0.2, 0) is 9.59 Å². The quantitative estimate of drug-likeness (QED) is 0.785. The van der Waals surface area contributed by atoms with Crippen LogP contribution in [0.2, 0.25) is 0 Å². The summed E-state index contributed by atoms with van der Waals surface area (Å²) in [6.07, 6.45) is 0. The van der Waals surface area contributed by atoms with Crippen LogP contribution in [0.3, 0.4) is 0 Å². The number of carbonyl (C=O) groups is 3. The molecule has 1 aliphatic rings. The number of nitrogens with one attached hydrogen (secondary N) is 2. The molecule has 142 valence electrons. The lowest BCUT2D eigenvalue weighted by Gasteiger charge is -2.33. The van der Waals surface area contributed by atoms with E-state index in [1.54, 1.807) is 33.2 Å². The van der Waals surface area contributed by atoms with Crippen LogP contribution < -0.4 is 15.4 Å². The topological polar surface area (TPSA) is 101 Å². The lowest BCUT2D eigenvalue weighted by molar-refractivity contribution is -0.143. The minimum absolute atomic E-state index is 0.201. The molecular weight excluding hydrogens is 368 g/mol. The number of aromatic nitrogens is 1. The number of anilines is 2. The molecule has 0 aliphatic carbocycles. The van der Waals surface area contributed by atoms with E-state index in [1.165, 1.54) is 11.8 Å². The maximum atomic E-state index is 12.8. The Labute approximate surface area is 160 Å². The van der Waals surface area contributed by atoms with Crippen LogP contribution in [0.4, 0.5) is 10.8 Å². The maximum absolute atomic E-state index is 12.8. The van der Waals surface area contributed by atoms with Crippen molar-refractivity contribution < 1.29 is 19.1 Å². The maximum Gasteiger partial charge on any atom is 0.280 e. The number of benzene rings is 1. The van der Waals surface area contributed by atoms with Crippen molar-refractivity contribution in [2.45, 2.75) is 26.4 Å². The van der Waals surface area contributed by atoms with Gasteiger partial charge in [0, 0.05) is 14.1 Å². The first-order valence-corrected chi connectivity index (χ1v) is 9.05. The van der Waals surface area contributed by atoms with E-state index in [2.05, 4.69) is 15.6 Å². The number of carbonyl (C=O) groups excluding carboxylic acids is 3. The summed E-state index contributed by atoms with van der Waals surface area (Å²) in [6, 6.07) is 5.31. The monoisotopic (exact) mass is 388 g/mol. The van der Waals surface area contributed by atoms with Gasteiger partial charge in [0.25, 0.3) is 23.3 Å². The Bertz CT molecular complexity index is 953. The second kappa shape index (κ2) is 6.66. The van der Waals surface area contributed by atoms with E-state index in [0.29, 0.717) is 22.0 Å². The van der Waals surface area contributed by atoms with Crippen molar-refractivity contribution in [3.8, 4) is 5.75 Å². The summed E-state index contributed by atoms with van der Waals surface area (Å²) in [5, 5.41) is 5.53. The van der Waals surface area contributed by atoms with E-state index >= 15 is 0 Å². The standard InChI is InChI=1S/C18H20N4O4S/c1-9-6-7-12-11(8-9)20-15(24)18(3,26-12)16(25)21-17-19-10(2)13(27-17)14(23)22(4)5/h6-8H,1-5H3,(H,20,24)(H,19,21,25). The number of nitrogens with zero attached hydrogens (tertiary/aromatic N) is 2. The first-order valence-electron chi connectivity index (χ1n) is 8.23. The molecule has 1 aliphatic heterocycles. The molecule has 0 fully saturated rings. The number of hydrogen-bond acceptors (Lipinski definition) is 6. The summed E-state index contributed by atoms with van der Waals surface area (Å²) >= 11 is 1.05. The molecule has 2 aromatic rings. The molecule has 1 unspecified atom stereocenters. The van der Waals surface area contributed by atoms with Crippen molar-refractivity contribution in [3.63, 3.8) is 0 Å². The average Bonchev–Trinajstić information content (AvgIpc) is 2.95. The highest BCUT2D eigenvalue weighted by Gasteiger charge is 2.47. The van der Waals surface area contributed by atoms with Gasteiger partial charge in [-0.05, 0) is 38.5 Å². The van der Waals surface area contributed by atoms with Gasteiger partial charge in [-0.25, -0.2) is 4.98 Å². The fraction of sp³-hybridized carbons (Fsp3) is 0.333. The Balaban J connectivity index is 1.84. The minimum atomic E-state index is -1.76. The number of amides is 3. The fourth-order valence-electron chi connectivity index (χ4n) is 2.56. The zero-order chi connectivity index (χ0) is 19.9. The molecule has 1 aromatic carbocycles. The molecule has 0 saturated heterocycles. The molecule has 8 nitrogen and oxygen atoms in total. The van der Waals surface area contributed by atoms with E-state index in [0.717, 1.165) is 16.9 Å². The Morgan fingerprint density at radius 1 is 1.30 bits per heavy atom. The van der Waals surface area contributed by atoms with Gasteiger partial charge < -0.3 is 15.0 Å². The fourth-order valence-corrected chi connectivity index (χ4v) is 3.54. The van der Waals surface area contributed by atoms with Crippen molar-refractivity contribution in [1.82, 2.24) is 9.88 Å². The summed E-state index contributed by atoms with van der Waals surface area (Å²) in [5.41, 5.74) is 0.235. The lowest BCUT2D eigenvalue weighted by Crippen LogP contribution is -2.56. The Hall–Kier alpha value is -2.94. The molecule has 27 heavy (non-hydrogen) atoms. The predicted molar refractivity (Wildman–Crippen MR) is 102 cm³/mol. The Kier molecular flexibility index (Phi) is 4.64. The normalized spacial score (nSPS) is 18.2. The van der Waals surface area contributed by atoms with Gasteiger partial charge in [0.05, 0.1) is 11.4 Å². The van der Waals surface area contributed by atoms with E-state index in [9.17, 15) is 14.4 Å². The Morgan fingerprint density at radius 3 is 2.67 bits per heavy atom. The molecule has 1 atom stereocenters. The highest BCUT2D eigenvalue weighted by molar-refractivity contribution is 7.17. The van der Waals surface area contributed by atoms with Crippen molar-refractivity contribution in [2.24, 2.45) is 0 Å². The van der Waals surface area contributed by atoms with Crippen LogP contribution in [0.15, 0.2) is 18.2 Å². The van der Waals surface area contributed by atoms with E-state index in [1.807, 2.05) is 13.0 Å². The predicted octanol–water partition coefficient (Wildman–Crippen LogP) is 2.19. The van der Waals surface area contributed by atoms with E-state index in [4.69, 9.17) is 4.74 Å². The average molecular weight is 388 g/mol. The van der Waals surface area contributed by atoms with E-state index in [-0.39, 0.29) is 11.0 Å². The summed E-state index contributed by atoms with van der Waals surface area (Å²) < 4.78 is 5.72. The molecule has 0 saturated carbocycles. The molecule has 2 N–H and O–H groups in total. The van der Waals surface area contributed by atoms with Gasteiger partial charge in [-0.3, -0.25) is 19.7 Å². The molecule has 0 radical (unpaired) electrons. The van der Waals surface area contributed by atoms with Crippen molar-refractivity contribution in [2.75, 3.05) is 24.7 Å². The number of hydrogen-bond donors (Lipinski definition) is 2. The third kappa shape index (κ3) is 3.37. The lowest BCUT2D eigenvalue weighted by atomic mass is 10.0. The zero-order valence-corrected chi connectivity index (χ0v) is 16.5. The van der Waals surface area contributed by atoms with Crippen LogP contribution in [0.25, 0.3) is 0 Å². The van der Waals surface area contributed by atoms with Gasteiger partial charge in [-0.2, -0.15) is 0 Å². The highest BCUT2D eigenvalue weighted by atomic mass is 32.1. The number of aryl methyl sites for hydroxylation is 2. The summed E-state index contributed by atoms with van der Waals surface area (Å²) in [6.45, 7) is 4.98. The Morgan fingerprint density at radius 2 is 2.00 bits per heavy atom. The van der Waals surface area contributed by atoms with Crippen molar-refractivity contribution in [3.05, 3.63) is 34.3 Å². The molecule has 3 rings (SSSR count). The van der Waals surface area contributed by atoms with Gasteiger partial charge in [-0.1, -0.05) is 17.4 Å². The summed E-state index contributed by atoms with van der Waals surface area (Å²) in [4.78, 5) is 43.5.